The van der Waals surface area contributed by atoms with Crippen LogP contribution < -0.4 is 0 Å². The number of carbonyl (C=O) groups is 2. The molecular weight excluding hydrogens is 232 g/mol. The van der Waals surface area contributed by atoms with Gasteiger partial charge >= 0.3 is 5.97 Å². The molecule has 4 heteroatoms. The van der Waals surface area contributed by atoms with Crippen molar-refractivity contribution in [3.8, 4) is 0 Å². The quantitative estimate of drug-likeness (QED) is 0.725. The molecule has 18 heavy (non-hydrogen) atoms. The summed E-state index contributed by atoms with van der Waals surface area (Å²) in [6, 6.07) is 0. The Labute approximate surface area is 108 Å². The Bertz CT molecular complexity index is 350. The van der Waals surface area contributed by atoms with Crippen molar-refractivity contribution in [3.05, 3.63) is 0 Å². The molecule has 0 radical (unpaired) electrons. The van der Waals surface area contributed by atoms with Crippen molar-refractivity contribution in [2.75, 3.05) is 0 Å². The van der Waals surface area contributed by atoms with Gasteiger partial charge in [-0.25, -0.2) is 4.79 Å². The lowest BCUT2D eigenvalue weighted by molar-refractivity contribution is -0.235. The van der Waals surface area contributed by atoms with Crippen LogP contribution in [0.1, 0.15) is 52.9 Å². The average molecular weight is 254 g/mol. The predicted molar refractivity (Wildman–Crippen MR) is 66.1 cm³/mol. The maximum absolute atomic E-state index is 11.7. The Hall–Kier alpha value is -0.900. The number of Topliss-reactive ketones (excluding diaryl/α,β-unsaturated/α-hetero) is 1. The maximum Gasteiger partial charge on any atom is 0.335 e. The first kappa shape index (κ1) is 13.5. The standard InChI is InChI=1S/C14H22O4/c1-9(2)4-6-14-7-5-11(15)8-12(14)17-10(3)13(16)18-14/h9-10,12H,4-8H2,1-3H3/t10-,12+,14+/m1/s1. The lowest BCUT2D eigenvalue weighted by Crippen LogP contribution is -2.58. The first-order valence-electron chi connectivity index (χ1n) is 6.83. The molecule has 0 aromatic rings. The van der Waals surface area contributed by atoms with Crippen LogP contribution in [0.3, 0.4) is 0 Å². The van der Waals surface area contributed by atoms with E-state index in [-0.39, 0.29) is 17.9 Å². The Morgan fingerprint density at radius 1 is 1.39 bits per heavy atom. The minimum atomic E-state index is -0.554. The third kappa shape index (κ3) is 2.58. The average Bonchev–Trinajstić information content (AvgIpc) is 2.29. The third-order valence-electron chi connectivity index (χ3n) is 3.98. The molecular formula is C14H22O4. The summed E-state index contributed by atoms with van der Waals surface area (Å²) in [5.74, 6) is 0.477. The van der Waals surface area contributed by atoms with Crippen LogP contribution in [0.5, 0.6) is 0 Å². The van der Waals surface area contributed by atoms with E-state index >= 15 is 0 Å². The predicted octanol–water partition coefficient (Wildman–Crippen LogP) is 2.24. The van der Waals surface area contributed by atoms with Gasteiger partial charge in [0.15, 0.2) is 6.10 Å². The Morgan fingerprint density at radius 2 is 2.11 bits per heavy atom. The van der Waals surface area contributed by atoms with Crippen LogP contribution in [0.4, 0.5) is 0 Å². The molecule has 1 aliphatic carbocycles. The number of fused-ring (bicyclic) bond motifs is 1. The lowest BCUT2D eigenvalue weighted by atomic mass is 9.76. The molecule has 0 aromatic carbocycles. The number of hydrogen-bond acceptors (Lipinski definition) is 4. The van der Waals surface area contributed by atoms with Crippen LogP contribution in [-0.4, -0.2) is 29.6 Å². The number of rotatable bonds is 3. The summed E-state index contributed by atoms with van der Waals surface area (Å²) in [6.45, 7) is 5.98. The maximum atomic E-state index is 11.7. The molecule has 0 spiro atoms. The van der Waals surface area contributed by atoms with Crippen LogP contribution in [0.2, 0.25) is 0 Å². The summed E-state index contributed by atoms with van der Waals surface area (Å²) in [4.78, 5) is 23.3. The van der Waals surface area contributed by atoms with E-state index in [1.807, 2.05) is 0 Å². The zero-order chi connectivity index (χ0) is 13.3. The highest BCUT2D eigenvalue weighted by molar-refractivity contribution is 5.82. The molecule has 0 amide bonds. The first-order chi connectivity index (χ1) is 8.43. The van der Waals surface area contributed by atoms with Gasteiger partial charge in [-0.05, 0) is 32.1 Å². The van der Waals surface area contributed by atoms with Gasteiger partial charge in [0.25, 0.3) is 0 Å². The molecule has 3 atom stereocenters. The zero-order valence-electron chi connectivity index (χ0n) is 11.4. The van der Waals surface area contributed by atoms with Crippen molar-refractivity contribution in [1.82, 2.24) is 0 Å². The van der Waals surface area contributed by atoms with Crippen LogP contribution in [0, 0.1) is 5.92 Å². The van der Waals surface area contributed by atoms with E-state index in [9.17, 15) is 9.59 Å². The van der Waals surface area contributed by atoms with Crippen molar-refractivity contribution in [1.29, 1.82) is 0 Å². The molecule has 2 rings (SSSR count). The first-order valence-corrected chi connectivity index (χ1v) is 6.83. The molecule has 1 saturated carbocycles. The normalized spacial score (nSPS) is 36.4. The SMILES string of the molecule is CC(C)CC[C@]12CCC(=O)C[C@@H]1O[C@H](C)C(=O)O2. The van der Waals surface area contributed by atoms with Crippen molar-refractivity contribution < 1.29 is 19.1 Å². The fourth-order valence-corrected chi connectivity index (χ4v) is 2.75. The summed E-state index contributed by atoms with van der Waals surface area (Å²) in [6.07, 6.45) is 2.48. The molecule has 1 saturated heterocycles. The van der Waals surface area contributed by atoms with Gasteiger partial charge < -0.3 is 9.47 Å². The number of esters is 1. The van der Waals surface area contributed by atoms with Crippen LogP contribution in [-0.2, 0) is 19.1 Å². The van der Waals surface area contributed by atoms with E-state index in [1.165, 1.54) is 0 Å². The molecule has 2 fully saturated rings. The van der Waals surface area contributed by atoms with E-state index in [0.717, 1.165) is 12.8 Å². The second-order valence-corrected chi connectivity index (χ2v) is 5.93. The van der Waals surface area contributed by atoms with Gasteiger partial charge in [0.1, 0.15) is 17.5 Å². The van der Waals surface area contributed by atoms with E-state index in [1.54, 1.807) is 6.92 Å². The Balaban J connectivity index is 2.15. The fraction of sp³-hybridized carbons (Fsp3) is 0.857. The highest BCUT2D eigenvalue weighted by Gasteiger charge is 2.51. The zero-order valence-corrected chi connectivity index (χ0v) is 11.4. The topological polar surface area (TPSA) is 52.6 Å². The summed E-state index contributed by atoms with van der Waals surface area (Å²) >= 11 is 0. The number of hydrogen-bond donors (Lipinski definition) is 0. The van der Waals surface area contributed by atoms with Crippen LogP contribution in [0.15, 0.2) is 0 Å². The third-order valence-corrected chi connectivity index (χ3v) is 3.98. The highest BCUT2D eigenvalue weighted by atomic mass is 16.6. The second kappa shape index (κ2) is 5.00. The van der Waals surface area contributed by atoms with Gasteiger partial charge in [0, 0.05) is 12.8 Å². The van der Waals surface area contributed by atoms with E-state index in [0.29, 0.717) is 25.2 Å². The number of ether oxygens (including phenoxy) is 2. The van der Waals surface area contributed by atoms with Gasteiger partial charge in [-0.1, -0.05) is 13.8 Å². The number of carbonyl (C=O) groups excluding carboxylic acids is 2. The molecule has 1 heterocycles. The molecule has 2 aliphatic rings. The van der Waals surface area contributed by atoms with Crippen molar-refractivity contribution in [2.24, 2.45) is 5.92 Å². The summed E-state index contributed by atoms with van der Waals surface area (Å²) in [7, 11) is 0. The smallest absolute Gasteiger partial charge is 0.335 e. The lowest BCUT2D eigenvalue weighted by Gasteiger charge is -2.47. The van der Waals surface area contributed by atoms with Gasteiger partial charge in [0.05, 0.1) is 0 Å². The molecule has 0 aromatic heterocycles. The van der Waals surface area contributed by atoms with E-state index in [2.05, 4.69) is 13.8 Å². The summed E-state index contributed by atoms with van der Waals surface area (Å²) < 4.78 is 11.4. The molecule has 0 unspecified atom stereocenters. The Morgan fingerprint density at radius 3 is 2.78 bits per heavy atom. The van der Waals surface area contributed by atoms with Crippen molar-refractivity contribution >= 4 is 11.8 Å². The number of ketones is 1. The fourth-order valence-electron chi connectivity index (χ4n) is 2.75. The van der Waals surface area contributed by atoms with Gasteiger partial charge in [0.2, 0.25) is 0 Å². The summed E-state index contributed by atoms with van der Waals surface area (Å²) in [5.41, 5.74) is -0.554. The molecule has 4 nitrogen and oxygen atoms in total. The molecule has 0 bridgehead atoms. The monoisotopic (exact) mass is 254 g/mol. The van der Waals surface area contributed by atoms with Crippen molar-refractivity contribution in [2.45, 2.75) is 70.7 Å². The molecule has 1 aliphatic heterocycles. The second-order valence-electron chi connectivity index (χ2n) is 5.93. The Kier molecular flexibility index (Phi) is 3.76. The van der Waals surface area contributed by atoms with Gasteiger partial charge in [-0.15, -0.1) is 0 Å². The van der Waals surface area contributed by atoms with Gasteiger partial charge in [-0.3, -0.25) is 4.79 Å². The highest BCUT2D eigenvalue weighted by Crippen LogP contribution is 2.40. The molecule has 0 N–H and O–H groups in total. The minimum absolute atomic E-state index is 0.213. The van der Waals surface area contributed by atoms with Gasteiger partial charge in [-0.2, -0.15) is 0 Å². The van der Waals surface area contributed by atoms with Crippen LogP contribution >= 0.6 is 0 Å². The summed E-state index contributed by atoms with van der Waals surface area (Å²) in [5, 5.41) is 0. The van der Waals surface area contributed by atoms with Crippen LogP contribution in [0.25, 0.3) is 0 Å². The molecule has 102 valence electrons. The van der Waals surface area contributed by atoms with E-state index < -0.39 is 11.7 Å². The van der Waals surface area contributed by atoms with E-state index in [4.69, 9.17) is 9.47 Å². The minimum Gasteiger partial charge on any atom is -0.454 e. The van der Waals surface area contributed by atoms with Crippen molar-refractivity contribution in [3.63, 3.8) is 0 Å². The largest absolute Gasteiger partial charge is 0.454 e.